The molecule has 1 heterocycles. The molecule has 0 bridgehead atoms. The number of hydrogen-bond donors (Lipinski definition) is 1. The minimum atomic E-state index is -0.374. The van der Waals surface area contributed by atoms with Crippen molar-refractivity contribution in [2.45, 2.75) is 6.42 Å². The fourth-order valence-electron chi connectivity index (χ4n) is 1.82. The maximum absolute atomic E-state index is 13.3. The molecule has 0 aliphatic heterocycles. The van der Waals surface area contributed by atoms with Crippen molar-refractivity contribution in [1.82, 2.24) is 4.98 Å². The van der Waals surface area contributed by atoms with E-state index < -0.39 is 0 Å². The average Bonchev–Trinajstić information content (AvgIpc) is 2.40. The number of likely N-dealkylation sites (N-methyl/N-ethyl adjacent to an activating group) is 1. The van der Waals surface area contributed by atoms with Gasteiger partial charge in [0.05, 0.1) is 11.4 Å². The summed E-state index contributed by atoms with van der Waals surface area (Å²) in [7, 11) is 1.90. The minimum absolute atomic E-state index is 0.200. The first kappa shape index (κ1) is 12.4. The van der Waals surface area contributed by atoms with Crippen molar-refractivity contribution in [1.29, 1.82) is 0 Å². The number of nitrogens with zero attached hydrogens (tertiary/aromatic N) is 2. The second-order valence-electron chi connectivity index (χ2n) is 4.21. The van der Waals surface area contributed by atoms with Gasteiger partial charge in [-0.1, -0.05) is 12.1 Å². The molecular weight excluding hydrogens is 229 g/mol. The van der Waals surface area contributed by atoms with E-state index in [1.807, 2.05) is 36.3 Å². The molecule has 94 valence electrons. The van der Waals surface area contributed by atoms with E-state index in [4.69, 9.17) is 5.73 Å². The zero-order valence-corrected chi connectivity index (χ0v) is 10.3. The van der Waals surface area contributed by atoms with Crippen LogP contribution in [-0.4, -0.2) is 18.6 Å². The topological polar surface area (TPSA) is 42.2 Å². The van der Waals surface area contributed by atoms with Crippen LogP contribution in [0.25, 0.3) is 0 Å². The lowest BCUT2D eigenvalue weighted by Gasteiger charge is -2.21. The highest BCUT2D eigenvalue weighted by atomic mass is 19.1. The molecule has 0 saturated heterocycles. The molecular formula is C14H16FN3. The minimum Gasteiger partial charge on any atom is -0.395 e. The highest BCUT2D eigenvalue weighted by molar-refractivity contribution is 5.67. The summed E-state index contributed by atoms with van der Waals surface area (Å²) in [6, 6.07) is 8.79. The number of benzene rings is 1. The third-order valence-electron chi connectivity index (χ3n) is 2.90. The van der Waals surface area contributed by atoms with Crippen LogP contribution in [0.1, 0.15) is 5.56 Å². The molecule has 18 heavy (non-hydrogen) atoms. The van der Waals surface area contributed by atoms with Gasteiger partial charge in [0.1, 0.15) is 5.82 Å². The number of para-hydroxylation sites is 1. The summed E-state index contributed by atoms with van der Waals surface area (Å²) in [4.78, 5) is 6.01. The van der Waals surface area contributed by atoms with Gasteiger partial charge in [0, 0.05) is 26.0 Å². The Balaban J connectivity index is 2.04. The number of halogens is 1. The molecule has 0 saturated carbocycles. The van der Waals surface area contributed by atoms with Crippen LogP contribution in [0.4, 0.5) is 15.8 Å². The third-order valence-corrected chi connectivity index (χ3v) is 2.90. The van der Waals surface area contributed by atoms with Gasteiger partial charge in [-0.2, -0.15) is 0 Å². The summed E-state index contributed by atoms with van der Waals surface area (Å²) in [5, 5.41) is 0. The fourth-order valence-corrected chi connectivity index (χ4v) is 1.82. The molecule has 3 nitrogen and oxygen atoms in total. The van der Waals surface area contributed by atoms with Gasteiger partial charge in [0.15, 0.2) is 0 Å². The number of nitrogens with two attached hydrogens (primary N) is 1. The van der Waals surface area contributed by atoms with Crippen LogP contribution in [0.15, 0.2) is 42.7 Å². The summed E-state index contributed by atoms with van der Waals surface area (Å²) in [6.45, 7) is 0.763. The molecule has 4 heteroatoms. The summed E-state index contributed by atoms with van der Waals surface area (Å²) in [5.41, 5.74) is 7.80. The highest BCUT2D eigenvalue weighted by Gasteiger charge is 2.08. The lowest BCUT2D eigenvalue weighted by atomic mass is 10.2. The number of rotatable bonds is 4. The summed E-state index contributed by atoms with van der Waals surface area (Å²) >= 11 is 0. The largest absolute Gasteiger partial charge is 0.395 e. The zero-order valence-electron chi connectivity index (χ0n) is 10.3. The molecule has 2 aromatic rings. The van der Waals surface area contributed by atoms with E-state index >= 15 is 0 Å². The number of hydrogen-bond acceptors (Lipinski definition) is 3. The SMILES string of the molecule is CN(CCc1cccnc1)c1cccc(F)c1N. The second-order valence-corrected chi connectivity index (χ2v) is 4.21. The summed E-state index contributed by atoms with van der Waals surface area (Å²) in [6.07, 6.45) is 4.43. The van der Waals surface area contributed by atoms with E-state index in [2.05, 4.69) is 4.98 Å². The lowest BCUT2D eigenvalue weighted by molar-refractivity contribution is 0.632. The first-order valence-corrected chi connectivity index (χ1v) is 5.82. The Bertz CT molecular complexity index is 514. The van der Waals surface area contributed by atoms with E-state index in [1.165, 1.54) is 6.07 Å². The van der Waals surface area contributed by atoms with Crippen molar-refractivity contribution in [3.8, 4) is 0 Å². The van der Waals surface area contributed by atoms with Gasteiger partial charge < -0.3 is 10.6 Å². The fraction of sp³-hybridized carbons (Fsp3) is 0.214. The van der Waals surface area contributed by atoms with E-state index in [-0.39, 0.29) is 11.5 Å². The Morgan fingerprint density at radius 3 is 2.83 bits per heavy atom. The monoisotopic (exact) mass is 245 g/mol. The van der Waals surface area contributed by atoms with Crippen LogP contribution in [0.3, 0.4) is 0 Å². The normalized spacial score (nSPS) is 10.3. The summed E-state index contributed by atoms with van der Waals surface area (Å²) < 4.78 is 13.3. The van der Waals surface area contributed by atoms with E-state index in [0.29, 0.717) is 0 Å². The molecule has 0 atom stereocenters. The molecule has 0 aliphatic rings. The van der Waals surface area contributed by atoms with Crippen molar-refractivity contribution in [2.75, 3.05) is 24.2 Å². The van der Waals surface area contributed by atoms with Crippen LogP contribution in [0, 0.1) is 5.82 Å². The Labute approximate surface area is 106 Å². The molecule has 0 radical (unpaired) electrons. The molecule has 0 unspecified atom stereocenters. The van der Waals surface area contributed by atoms with Crippen molar-refractivity contribution in [2.24, 2.45) is 0 Å². The predicted molar refractivity (Wildman–Crippen MR) is 72.0 cm³/mol. The van der Waals surface area contributed by atoms with Crippen molar-refractivity contribution < 1.29 is 4.39 Å². The molecule has 0 amide bonds. The number of anilines is 2. The van der Waals surface area contributed by atoms with Crippen LogP contribution < -0.4 is 10.6 Å². The maximum Gasteiger partial charge on any atom is 0.148 e. The molecule has 2 rings (SSSR count). The number of aromatic nitrogens is 1. The smallest absolute Gasteiger partial charge is 0.148 e. The lowest BCUT2D eigenvalue weighted by Crippen LogP contribution is -2.21. The van der Waals surface area contributed by atoms with Crippen LogP contribution in [0.2, 0.25) is 0 Å². The number of pyridine rings is 1. The molecule has 0 spiro atoms. The van der Waals surface area contributed by atoms with Gasteiger partial charge in [-0.05, 0) is 30.2 Å². The molecule has 2 N–H and O–H groups in total. The Morgan fingerprint density at radius 2 is 2.11 bits per heavy atom. The van der Waals surface area contributed by atoms with Crippen molar-refractivity contribution >= 4 is 11.4 Å². The first-order chi connectivity index (χ1) is 8.68. The summed E-state index contributed by atoms with van der Waals surface area (Å²) in [5.74, 6) is -0.374. The van der Waals surface area contributed by atoms with Gasteiger partial charge in [-0.3, -0.25) is 4.98 Å². The van der Waals surface area contributed by atoms with Crippen molar-refractivity contribution in [3.05, 3.63) is 54.1 Å². The van der Waals surface area contributed by atoms with E-state index in [9.17, 15) is 4.39 Å². The van der Waals surface area contributed by atoms with Crippen LogP contribution in [-0.2, 0) is 6.42 Å². The molecule has 0 fully saturated rings. The standard InChI is InChI=1S/C14H16FN3/c1-18(9-7-11-4-3-8-17-10-11)13-6-2-5-12(15)14(13)16/h2-6,8,10H,7,9,16H2,1H3. The predicted octanol–water partition coefficient (Wildman–Crippen LogP) is 2.48. The number of nitrogen functional groups attached to an aromatic ring is 1. The zero-order chi connectivity index (χ0) is 13.0. The van der Waals surface area contributed by atoms with E-state index in [1.54, 1.807) is 12.3 Å². The molecule has 1 aromatic carbocycles. The quantitative estimate of drug-likeness (QED) is 0.841. The second kappa shape index (κ2) is 5.49. The van der Waals surface area contributed by atoms with Crippen molar-refractivity contribution in [3.63, 3.8) is 0 Å². The Morgan fingerprint density at radius 1 is 1.28 bits per heavy atom. The van der Waals surface area contributed by atoms with Gasteiger partial charge in [-0.25, -0.2) is 4.39 Å². The van der Waals surface area contributed by atoms with Gasteiger partial charge >= 0.3 is 0 Å². The van der Waals surface area contributed by atoms with E-state index in [0.717, 1.165) is 24.2 Å². The van der Waals surface area contributed by atoms with Gasteiger partial charge in [0.2, 0.25) is 0 Å². The first-order valence-electron chi connectivity index (χ1n) is 5.82. The highest BCUT2D eigenvalue weighted by Crippen LogP contribution is 2.24. The Hall–Kier alpha value is -2.10. The van der Waals surface area contributed by atoms with Gasteiger partial charge in [-0.15, -0.1) is 0 Å². The van der Waals surface area contributed by atoms with Gasteiger partial charge in [0.25, 0.3) is 0 Å². The molecule has 1 aromatic heterocycles. The maximum atomic E-state index is 13.3. The van der Waals surface area contributed by atoms with Crippen LogP contribution in [0.5, 0.6) is 0 Å². The Kier molecular flexibility index (Phi) is 3.77. The average molecular weight is 245 g/mol. The third kappa shape index (κ3) is 2.77. The van der Waals surface area contributed by atoms with Crippen LogP contribution >= 0.6 is 0 Å². The molecule has 0 aliphatic carbocycles.